The van der Waals surface area contributed by atoms with E-state index >= 15 is 0 Å². The smallest absolute Gasteiger partial charge is 0.167 e. The van der Waals surface area contributed by atoms with Crippen LogP contribution in [-0.4, -0.2) is 36.9 Å². The van der Waals surface area contributed by atoms with Crippen molar-refractivity contribution in [3.63, 3.8) is 0 Å². The van der Waals surface area contributed by atoms with E-state index in [2.05, 4.69) is 18.7 Å². The number of aryl methyl sites for hydroxylation is 1. The standard InChI is InChI=1S/C16H24ClNO2/c1-5-18(6-2)9-8-15(19)13-11-14(17)12(4)10-16(13)20-7-3/h10-11H,5-9H2,1-4H3. The summed E-state index contributed by atoms with van der Waals surface area (Å²) in [5, 5.41) is 0.611. The topological polar surface area (TPSA) is 29.5 Å². The molecule has 0 radical (unpaired) electrons. The lowest BCUT2D eigenvalue weighted by molar-refractivity contribution is 0.0963. The molecule has 0 amide bonds. The van der Waals surface area contributed by atoms with Crippen molar-refractivity contribution in [2.24, 2.45) is 0 Å². The van der Waals surface area contributed by atoms with Gasteiger partial charge in [-0.3, -0.25) is 4.79 Å². The van der Waals surface area contributed by atoms with E-state index in [9.17, 15) is 4.79 Å². The first-order valence-electron chi connectivity index (χ1n) is 7.21. The highest BCUT2D eigenvalue weighted by Gasteiger charge is 2.15. The fourth-order valence-corrected chi connectivity index (χ4v) is 2.25. The minimum absolute atomic E-state index is 0.0854. The molecule has 4 heteroatoms. The second-order valence-electron chi connectivity index (χ2n) is 4.73. The molecule has 0 aromatic heterocycles. The third kappa shape index (κ3) is 4.50. The Morgan fingerprint density at radius 2 is 1.90 bits per heavy atom. The van der Waals surface area contributed by atoms with Crippen LogP contribution < -0.4 is 4.74 Å². The summed E-state index contributed by atoms with van der Waals surface area (Å²) in [7, 11) is 0. The van der Waals surface area contributed by atoms with Gasteiger partial charge in [-0.25, -0.2) is 0 Å². The molecule has 0 aliphatic rings. The number of benzene rings is 1. The van der Waals surface area contributed by atoms with Crippen LogP contribution in [0.3, 0.4) is 0 Å². The molecule has 1 rings (SSSR count). The van der Waals surface area contributed by atoms with Crippen LogP contribution in [0.5, 0.6) is 5.75 Å². The molecule has 0 saturated carbocycles. The zero-order valence-corrected chi connectivity index (χ0v) is 13.6. The number of carbonyl (C=O) groups is 1. The summed E-state index contributed by atoms with van der Waals surface area (Å²) in [6, 6.07) is 3.57. The molecule has 0 heterocycles. The molecular weight excluding hydrogens is 274 g/mol. The quantitative estimate of drug-likeness (QED) is 0.680. The molecule has 0 fully saturated rings. The van der Waals surface area contributed by atoms with Crippen molar-refractivity contribution in [1.82, 2.24) is 4.90 Å². The van der Waals surface area contributed by atoms with Gasteiger partial charge in [0.25, 0.3) is 0 Å². The number of ketones is 1. The Kier molecular flexibility index (Phi) is 7.03. The van der Waals surface area contributed by atoms with Crippen LogP contribution in [0.15, 0.2) is 12.1 Å². The van der Waals surface area contributed by atoms with Gasteiger partial charge in [0.15, 0.2) is 5.78 Å². The maximum Gasteiger partial charge on any atom is 0.167 e. The second kappa shape index (κ2) is 8.28. The molecule has 0 atom stereocenters. The van der Waals surface area contributed by atoms with Crippen molar-refractivity contribution in [3.05, 3.63) is 28.3 Å². The molecule has 0 aliphatic heterocycles. The SMILES string of the molecule is CCOc1cc(C)c(Cl)cc1C(=O)CCN(CC)CC. The Morgan fingerprint density at radius 3 is 2.45 bits per heavy atom. The van der Waals surface area contributed by atoms with Crippen LogP contribution in [0.1, 0.15) is 43.1 Å². The van der Waals surface area contributed by atoms with Crippen molar-refractivity contribution < 1.29 is 9.53 Å². The molecule has 0 aliphatic carbocycles. The summed E-state index contributed by atoms with van der Waals surface area (Å²) < 4.78 is 5.56. The van der Waals surface area contributed by atoms with Crippen LogP contribution in [-0.2, 0) is 0 Å². The van der Waals surface area contributed by atoms with Crippen LogP contribution in [0.25, 0.3) is 0 Å². The lowest BCUT2D eigenvalue weighted by atomic mass is 10.0. The van der Waals surface area contributed by atoms with Crippen molar-refractivity contribution in [2.45, 2.75) is 34.1 Å². The summed E-state index contributed by atoms with van der Waals surface area (Å²) in [4.78, 5) is 14.6. The van der Waals surface area contributed by atoms with Gasteiger partial charge in [0, 0.05) is 18.0 Å². The molecule has 112 valence electrons. The highest BCUT2D eigenvalue weighted by Crippen LogP contribution is 2.28. The van der Waals surface area contributed by atoms with Crippen molar-refractivity contribution in [2.75, 3.05) is 26.2 Å². The fraction of sp³-hybridized carbons (Fsp3) is 0.562. The third-order valence-electron chi connectivity index (χ3n) is 3.41. The van der Waals surface area contributed by atoms with Crippen molar-refractivity contribution >= 4 is 17.4 Å². The molecule has 1 aromatic carbocycles. The largest absolute Gasteiger partial charge is 0.493 e. The number of hydrogen-bond donors (Lipinski definition) is 0. The maximum atomic E-state index is 12.4. The van der Waals surface area contributed by atoms with Gasteiger partial charge in [0.1, 0.15) is 5.75 Å². The van der Waals surface area contributed by atoms with Crippen LogP contribution >= 0.6 is 11.6 Å². The van der Waals surface area contributed by atoms with Crippen LogP contribution in [0.4, 0.5) is 0 Å². The van der Waals surface area contributed by atoms with Gasteiger partial charge in [0.2, 0.25) is 0 Å². The lowest BCUT2D eigenvalue weighted by Gasteiger charge is -2.18. The number of ether oxygens (including phenoxy) is 1. The number of rotatable bonds is 8. The maximum absolute atomic E-state index is 12.4. The second-order valence-corrected chi connectivity index (χ2v) is 5.14. The highest BCUT2D eigenvalue weighted by molar-refractivity contribution is 6.31. The van der Waals surface area contributed by atoms with Crippen LogP contribution in [0.2, 0.25) is 5.02 Å². The molecule has 0 unspecified atom stereocenters. The first-order valence-corrected chi connectivity index (χ1v) is 7.59. The number of nitrogens with zero attached hydrogens (tertiary/aromatic N) is 1. The van der Waals surface area contributed by atoms with Gasteiger partial charge in [-0.15, -0.1) is 0 Å². The van der Waals surface area contributed by atoms with E-state index in [0.717, 1.165) is 25.2 Å². The van der Waals surface area contributed by atoms with Gasteiger partial charge in [-0.1, -0.05) is 25.4 Å². The van der Waals surface area contributed by atoms with Gasteiger partial charge in [0.05, 0.1) is 12.2 Å². The summed E-state index contributed by atoms with van der Waals surface area (Å²) in [6.45, 7) is 11.2. The minimum atomic E-state index is 0.0854. The van der Waals surface area contributed by atoms with E-state index in [0.29, 0.717) is 29.4 Å². The summed E-state index contributed by atoms with van der Waals surface area (Å²) in [5.41, 5.74) is 1.52. The number of halogens is 1. The Balaban J connectivity index is 2.88. The van der Waals surface area contributed by atoms with Gasteiger partial charge in [-0.05, 0) is 44.6 Å². The van der Waals surface area contributed by atoms with Gasteiger partial charge in [-0.2, -0.15) is 0 Å². The van der Waals surface area contributed by atoms with Crippen LogP contribution in [0, 0.1) is 6.92 Å². The lowest BCUT2D eigenvalue weighted by Crippen LogP contribution is -2.25. The van der Waals surface area contributed by atoms with Gasteiger partial charge >= 0.3 is 0 Å². The molecule has 0 bridgehead atoms. The summed E-state index contributed by atoms with van der Waals surface area (Å²) >= 11 is 6.13. The molecule has 0 spiro atoms. The zero-order valence-electron chi connectivity index (χ0n) is 12.8. The normalized spacial score (nSPS) is 10.9. The molecular formula is C16H24ClNO2. The summed E-state index contributed by atoms with van der Waals surface area (Å²) in [5.74, 6) is 0.723. The van der Waals surface area contributed by atoms with Crippen molar-refractivity contribution in [1.29, 1.82) is 0 Å². The zero-order chi connectivity index (χ0) is 15.1. The first kappa shape index (κ1) is 17.0. The summed E-state index contributed by atoms with van der Waals surface area (Å²) in [6.07, 6.45) is 0.487. The predicted molar refractivity (Wildman–Crippen MR) is 84.1 cm³/mol. The molecule has 20 heavy (non-hydrogen) atoms. The first-order chi connectivity index (χ1) is 9.53. The highest BCUT2D eigenvalue weighted by atomic mass is 35.5. The van der Waals surface area contributed by atoms with E-state index in [4.69, 9.17) is 16.3 Å². The average Bonchev–Trinajstić information content (AvgIpc) is 2.43. The number of hydrogen-bond acceptors (Lipinski definition) is 3. The monoisotopic (exact) mass is 297 g/mol. The van der Waals surface area contributed by atoms with E-state index in [1.807, 2.05) is 19.9 Å². The number of Topliss-reactive ketones (excluding diaryl/α,β-unsaturated/α-hetero) is 1. The average molecular weight is 298 g/mol. The molecule has 1 aromatic rings. The minimum Gasteiger partial charge on any atom is -0.493 e. The Hall–Kier alpha value is -1.06. The molecule has 3 nitrogen and oxygen atoms in total. The molecule has 0 saturated heterocycles. The van der Waals surface area contributed by atoms with Crippen molar-refractivity contribution in [3.8, 4) is 5.75 Å². The molecule has 0 N–H and O–H groups in total. The van der Waals surface area contributed by atoms with E-state index < -0.39 is 0 Å². The van der Waals surface area contributed by atoms with E-state index in [-0.39, 0.29) is 5.78 Å². The predicted octanol–water partition coefficient (Wildman–Crippen LogP) is 3.96. The fourth-order valence-electron chi connectivity index (χ4n) is 2.08. The Labute approximate surface area is 126 Å². The Morgan fingerprint density at radius 1 is 1.25 bits per heavy atom. The number of carbonyl (C=O) groups excluding carboxylic acids is 1. The van der Waals surface area contributed by atoms with Gasteiger partial charge < -0.3 is 9.64 Å². The third-order valence-corrected chi connectivity index (χ3v) is 3.82. The van der Waals surface area contributed by atoms with E-state index in [1.54, 1.807) is 6.07 Å². The Bertz CT molecular complexity index is 456. The van der Waals surface area contributed by atoms with E-state index in [1.165, 1.54) is 0 Å².